The van der Waals surface area contributed by atoms with Crippen molar-refractivity contribution < 1.29 is 32.5 Å². The van der Waals surface area contributed by atoms with Crippen molar-refractivity contribution in [2.24, 2.45) is 0 Å². The summed E-state index contributed by atoms with van der Waals surface area (Å²) in [6.45, 7) is -1.25. The van der Waals surface area contributed by atoms with E-state index in [4.69, 9.17) is 14.2 Å². The quantitative estimate of drug-likeness (QED) is 0.588. The second-order valence-corrected chi connectivity index (χ2v) is 8.73. The molecule has 0 unspecified atom stereocenters. The van der Waals surface area contributed by atoms with Gasteiger partial charge < -0.3 is 24.3 Å². The maximum atomic E-state index is 13.0. The molecule has 1 aliphatic heterocycles. The summed E-state index contributed by atoms with van der Waals surface area (Å²) in [6, 6.07) is 10.7. The van der Waals surface area contributed by atoms with E-state index in [2.05, 4.69) is 10.1 Å². The Balaban J connectivity index is 1.41. The van der Waals surface area contributed by atoms with E-state index in [1.165, 1.54) is 13.2 Å². The fourth-order valence-corrected chi connectivity index (χ4v) is 4.73. The minimum Gasteiger partial charge on any atom is -0.493 e. The van der Waals surface area contributed by atoms with Gasteiger partial charge in [-0.15, -0.1) is 0 Å². The topological polar surface area (TPSA) is 69.3 Å². The second-order valence-electron chi connectivity index (χ2n) is 8.73. The first-order valence-electron chi connectivity index (χ1n) is 11.4. The van der Waals surface area contributed by atoms with E-state index in [-0.39, 0.29) is 24.0 Å². The largest absolute Gasteiger partial charge is 0.493 e. The number of nitrogens with one attached hydrogen (secondary N) is 1. The SMILES string of the molecule is COc1cc(CN(C)CC(=O)NC2(c3ccc4c(c3)OCCO4)CCCC2)ccc1OC(F)F. The Morgan fingerprint density at radius 1 is 1.09 bits per heavy atom. The molecule has 4 rings (SSSR count). The van der Waals surface area contributed by atoms with E-state index in [1.807, 2.05) is 30.1 Å². The van der Waals surface area contributed by atoms with Crippen LogP contribution in [0.5, 0.6) is 23.0 Å². The monoisotopic (exact) mass is 476 g/mol. The van der Waals surface area contributed by atoms with Crippen molar-refractivity contribution in [2.75, 3.05) is 33.9 Å². The van der Waals surface area contributed by atoms with Gasteiger partial charge in [0.25, 0.3) is 0 Å². The van der Waals surface area contributed by atoms with E-state index in [0.29, 0.717) is 19.8 Å². The Bertz CT molecular complexity index is 1010. The molecule has 1 saturated carbocycles. The molecule has 0 atom stereocenters. The summed E-state index contributed by atoms with van der Waals surface area (Å²) in [7, 11) is 3.23. The fourth-order valence-electron chi connectivity index (χ4n) is 4.73. The van der Waals surface area contributed by atoms with Crippen LogP contribution < -0.4 is 24.3 Å². The van der Waals surface area contributed by atoms with Crippen LogP contribution in [-0.2, 0) is 16.9 Å². The third-order valence-corrected chi connectivity index (χ3v) is 6.24. The van der Waals surface area contributed by atoms with E-state index in [0.717, 1.165) is 48.3 Å². The summed E-state index contributed by atoms with van der Waals surface area (Å²) in [6.07, 6.45) is 3.81. The number of nitrogens with zero attached hydrogens (tertiary/aromatic N) is 1. The maximum absolute atomic E-state index is 13.0. The Morgan fingerprint density at radius 3 is 2.53 bits per heavy atom. The molecule has 1 aliphatic carbocycles. The van der Waals surface area contributed by atoms with Crippen molar-refractivity contribution >= 4 is 5.91 Å². The normalized spacial score (nSPS) is 16.5. The molecule has 1 heterocycles. The predicted octanol–water partition coefficient (Wildman–Crippen LogP) is 4.09. The highest BCUT2D eigenvalue weighted by Crippen LogP contribution is 2.42. The van der Waals surface area contributed by atoms with Gasteiger partial charge in [0.1, 0.15) is 13.2 Å². The van der Waals surface area contributed by atoms with Gasteiger partial charge in [-0.2, -0.15) is 8.78 Å². The van der Waals surface area contributed by atoms with E-state index >= 15 is 0 Å². The molecule has 7 nitrogen and oxygen atoms in total. The first-order chi connectivity index (χ1) is 16.4. The molecule has 0 radical (unpaired) electrons. The molecular weight excluding hydrogens is 446 g/mol. The van der Waals surface area contributed by atoms with Gasteiger partial charge in [-0.1, -0.05) is 25.0 Å². The van der Waals surface area contributed by atoms with Crippen LogP contribution in [0.3, 0.4) is 0 Å². The number of methoxy groups -OCH3 is 1. The number of likely N-dealkylation sites (N-methyl/N-ethyl adjacent to an activating group) is 1. The number of ether oxygens (including phenoxy) is 4. The molecule has 9 heteroatoms. The molecular formula is C25H30F2N2O5. The van der Waals surface area contributed by atoms with Gasteiger partial charge in [0.15, 0.2) is 23.0 Å². The lowest BCUT2D eigenvalue weighted by Crippen LogP contribution is -2.47. The zero-order valence-electron chi connectivity index (χ0n) is 19.4. The van der Waals surface area contributed by atoms with Crippen molar-refractivity contribution in [2.45, 2.75) is 44.4 Å². The molecule has 2 aliphatic rings. The Morgan fingerprint density at radius 2 is 1.82 bits per heavy atom. The van der Waals surface area contributed by atoms with Crippen LogP contribution >= 0.6 is 0 Å². The number of hydrogen-bond acceptors (Lipinski definition) is 6. The van der Waals surface area contributed by atoms with E-state index < -0.39 is 12.2 Å². The van der Waals surface area contributed by atoms with Crippen molar-refractivity contribution in [1.82, 2.24) is 10.2 Å². The molecule has 0 saturated heterocycles. The number of amides is 1. The highest BCUT2D eigenvalue weighted by Gasteiger charge is 2.38. The van der Waals surface area contributed by atoms with Crippen LogP contribution in [0.1, 0.15) is 36.8 Å². The average Bonchev–Trinajstić information content (AvgIpc) is 3.28. The van der Waals surface area contributed by atoms with Gasteiger partial charge in [0.2, 0.25) is 5.91 Å². The number of fused-ring (bicyclic) bond motifs is 1. The molecule has 1 fully saturated rings. The number of hydrogen-bond donors (Lipinski definition) is 1. The minimum atomic E-state index is -2.93. The third-order valence-electron chi connectivity index (χ3n) is 6.24. The van der Waals surface area contributed by atoms with Crippen molar-refractivity contribution in [3.05, 3.63) is 47.5 Å². The van der Waals surface area contributed by atoms with Gasteiger partial charge in [0, 0.05) is 6.54 Å². The fraction of sp³-hybridized carbons (Fsp3) is 0.480. The molecule has 1 N–H and O–H groups in total. The smallest absolute Gasteiger partial charge is 0.387 e. The molecule has 2 aromatic rings. The molecule has 184 valence electrons. The highest BCUT2D eigenvalue weighted by molar-refractivity contribution is 5.79. The Labute approximate surface area is 197 Å². The first-order valence-corrected chi connectivity index (χ1v) is 11.4. The van der Waals surface area contributed by atoms with Crippen LogP contribution in [0.25, 0.3) is 0 Å². The minimum absolute atomic E-state index is 0.0238. The number of halogens is 2. The summed E-state index contributed by atoms with van der Waals surface area (Å²) < 4.78 is 46.1. The van der Waals surface area contributed by atoms with Crippen LogP contribution in [-0.4, -0.2) is 51.3 Å². The molecule has 1 amide bonds. The second kappa shape index (κ2) is 10.5. The lowest BCUT2D eigenvalue weighted by Gasteiger charge is -2.33. The Hall–Kier alpha value is -3.07. The zero-order valence-corrected chi connectivity index (χ0v) is 19.4. The van der Waals surface area contributed by atoms with Crippen LogP contribution in [0.15, 0.2) is 36.4 Å². The highest BCUT2D eigenvalue weighted by atomic mass is 19.3. The van der Waals surface area contributed by atoms with Crippen molar-refractivity contribution in [3.8, 4) is 23.0 Å². The maximum Gasteiger partial charge on any atom is 0.387 e. The van der Waals surface area contributed by atoms with Crippen LogP contribution in [0, 0.1) is 0 Å². The number of rotatable bonds is 9. The molecule has 0 bridgehead atoms. The molecule has 2 aromatic carbocycles. The first kappa shape index (κ1) is 24.1. The van der Waals surface area contributed by atoms with Gasteiger partial charge in [-0.3, -0.25) is 9.69 Å². The van der Waals surface area contributed by atoms with Crippen LogP contribution in [0.4, 0.5) is 8.78 Å². The summed E-state index contributed by atoms with van der Waals surface area (Å²) >= 11 is 0. The lowest BCUT2D eigenvalue weighted by atomic mass is 9.87. The van der Waals surface area contributed by atoms with E-state index in [9.17, 15) is 13.6 Å². The van der Waals surface area contributed by atoms with Crippen molar-refractivity contribution in [3.63, 3.8) is 0 Å². The standard InChI is InChI=1S/C25H30F2N2O5/c1-29(15-17-5-7-20(34-24(26)27)21(13-17)31-2)16-23(30)28-25(9-3-4-10-25)18-6-8-19-22(14-18)33-12-11-32-19/h5-8,13-14,24H,3-4,9-12,15-16H2,1-2H3,(H,28,30). The van der Waals surface area contributed by atoms with E-state index in [1.54, 1.807) is 12.1 Å². The number of carbonyl (C=O) groups excluding carboxylic acids is 1. The lowest BCUT2D eigenvalue weighted by molar-refractivity contribution is -0.124. The molecule has 34 heavy (non-hydrogen) atoms. The summed E-state index contributed by atoms with van der Waals surface area (Å²) in [4.78, 5) is 14.9. The third kappa shape index (κ3) is 5.52. The average molecular weight is 477 g/mol. The summed E-state index contributed by atoms with van der Waals surface area (Å²) in [5.41, 5.74) is 1.42. The predicted molar refractivity (Wildman–Crippen MR) is 122 cm³/mol. The summed E-state index contributed by atoms with van der Waals surface area (Å²) in [5.74, 6) is 1.57. The number of carbonyl (C=O) groups is 1. The van der Waals surface area contributed by atoms with Gasteiger partial charge >= 0.3 is 6.61 Å². The van der Waals surface area contributed by atoms with Gasteiger partial charge in [-0.05, 0) is 55.3 Å². The van der Waals surface area contributed by atoms with Gasteiger partial charge in [0.05, 0.1) is 19.2 Å². The number of benzene rings is 2. The molecule has 0 aromatic heterocycles. The van der Waals surface area contributed by atoms with Gasteiger partial charge in [-0.25, -0.2) is 0 Å². The van der Waals surface area contributed by atoms with Crippen molar-refractivity contribution in [1.29, 1.82) is 0 Å². The number of alkyl halides is 2. The Kier molecular flexibility index (Phi) is 7.41. The summed E-state index contributed by atoms with van der Waals surface area (Å²) in [5, 5.41) is 3.28. The van der Waals surface area contributed by atoms with Crippen LogP contribution in [0.2, 0.25) is 0 Å². The zero-order chi connectivity index (χ0) is 24.1. The molecule has 0 spiro atoms.